The highest BCUT2D eigenvalue weighted by molar-refractivity contribution is 6.18. The van der Waals surface area contributed by atoms with Gasteiger partial charge >= 0.3 is 0 Å². The third-order valence-electron chi connectivity index (χ3n) is 1.49. The van der Waals surface area contributed by atoms with Crippen LogP contribution in [0.15, 0.2) is 0 Å². The first kappa shape index (κ1) is 12.2. The lowest BCUT2D eigenvalue weighted by molar-refractivity contribution is 0.140. The van der Waals surface area contributed by atoms with Gasteiger partial charge in [-0.15, -0.1) is 11.6 Å². The maximum absolute atomic E-state index is 5.71. The molecule has 0 spiro atoms. The molecule has 0 rings (SSSR count). The van der Waals surface area contributed by atoms with Gasteiger partial charge in [0.25, 0.3) is 0 Å². The van der Waals surface area contributed by atoms with Crippen LogP contribution in [0, 0.1) is 0 Å². The highest BCUT2D eigenvalue weighted by Gasteiger charge is 2.09. The fourth-order valence-electron chi connectivity index (χ4n) is 1.04. The molecule has 12 heavy (non-hydrogen) atoms. The predicted molar refractivity (Wildman–Crippen MR) is 50.9 cm³/mol. The summed E-state index contributed by atoms with van der Waals surface area (Å²) in [4.78, 5) is 0. The number of halogens is 1. The molecule has 4 heteroatoms. The molecule has 0 saturated carbocycles. The Balaban J connectivity index is 3.53. The van der Waals surface area contributed by atoms with Crippen LogP contribution in [0.2, 0.25) is 0 Å². The average Bonchev–Trinajstić information content (AvgIpc) is 2.04. The largest absolute Gasteiger partial charge is 0.383 e. The smallest absolute Gasteiger partial charge is 0.0627 e. The number of ether oxygens (including phenoxy) is 2. The normalized spacial score (nSPS) is 16.0. The van der Waals surface area contributed by atoms with E-state index in [0.29, 0.717) is 25.1 Å². The van der Waals surface area contributed by atoms with Crippen molar-refractivity contribution < 1.29 is 9.47 Å². The van der Waals surface area contributed by atoms with E-state index in [-0.39, 0.29) is 6.04 Å². The lowest BCUT2D eigenvalue weighted by Gasteiger charge is -2.20. The first-order valence-electron chi connectivity index (χ1n) is 4.04. The van der Waals surface area contributed by atoms with Crippen LogP contribution in [0.4, 0.5) is 0 Å². The fourth-order valence-corrected chi connectivity index (χ4v) is 1.22. The molecule has 0 heterocycles. The van der Waals surface area contributed by atoms with Crippen molar-refractivity contribution in [1.29, 1.82) is 0 Å². The Hall–Kier alpha value is 0.170. The van der Waals surface area contributed by atoms with Gasteiger partial charge in [0.05, 0.1) is 13.2 Å². The standard InChI is InChI=1S/C8H18ClNO2/c1-7(5-11-2)10-8(4-9)6-12-3/h7-8,10H,4-6H2,1-3H3. The van der Waals surface area contributed by atoms with Crippen molar-refractivity contribution in [1.82, 2.24) is 5.32 Å². The molecule has 0 aromatic carbocycles. The van der Waals surface area contributed by atoms with E-state index in [1.165, 1.54) is 0 Å². The lowest BCUT2D eigenvalue weighted by Crippen LogP contribution is -2.42. The topological polar surface area (TPSA) is 30.5 Å². The molecule has 0 radical (unpaired) electrons. The minimum atomic E-state index is 0.210. The molecule has 0 aliphatic carbocycles. The average molecular weight is 196 g/mol. The summed E-state index contributed by atoms with van der Waals surface area (Å²) in [6.07, 6.45) is 0. The van der Waals surface area contributed by atoms with Crippen LogP contribution in [0.1, 0.15) is 6.92 Å². The minimum Gasteiger partial charge on any atom is -0.383 e. The second-order valence-corrected chi connectivity index (χ2v) is 3.14. The molecule has 0 aromatic rings. The first-order valence-corrected chi connectivity index (χ1v) is 4.58. The van der Waals surface area contributed by atoms with Gasteiger partial charge in [-0.05, 0) is 6.92 Å². The van der Waals surface area contributed by atoms with Crippen LogP contribution < -0.4 is 5.32 Å². The summed E-state index contributed by atoms with van der Waals surface area (Å²) in [6.45, 7) is 3.38. The van der Waals surface area contributed by atoms with Crippen LogP contribution in [-0.2, 0) is 9.47 Å². The summed E-state index contributed by atoms with van der Waals surface area (Å²) in [5.41, 5.74) is 0. The van der Waals surface area contributed by atoms with Crippen molar-refractivity contribution in [2.75, 3.05) is 33.3 Å². The summed E-state index contributed by atoms with van der Waals surface area (Å²) in [6, 6.07) is 0.524. The van der Waals surface area contributed by atoms with Crippen LogP contribution in [0.25, 0.3) is 0 Å². The highest BCUT2D eigenvalue weighted by atomic mass is 35.5. The van der Waals surface area contributed by atoms with Gasteiger partial charge in [-0.2, -0.15) is 0 Å². The third kappa shape index (κ3) is 5.77. The van der Waals surface area contributed by atoms with Gasteiger partial charge in [-0.1, -0.05) is 0 Å². The monoisotopic (exact) mass is 195 g/mol. The first-order chi connectivity index (χ1) is 5.74. The highest BCUT2D eigenvalue weighted by Crippen LogP contribution is 1.92. The van der Waals surface area contributed by atoms with Crippen molar-refractivity contribution in [2.45, 2.75) is 19.0 Å². The summed E-state index contributed by atoms with van der Waals surface area (Å²) in [5.74, 6) is 0.557. The van der Waals surface area contributed by atoms with Crippen molar-refractivity contribution in [3.05, 3.63) is 0 Å². The molecule has 2 unspecified atom stereocenters. The molecular formula is C8H18ClNO2. The summed E-state index contributed by atoms with van der Waals surface area (Å²) in [7, 11) is 3.35. The lowest BCUT2D eigenvalue weighted by atomic mass is 10.3. The van der Waals surface area contributed by atoms with Crippen molar-refractivity contribution in [3.63, 3.8) is 0 Å². The quantitative estimate of drug-likeness (QED) is 0.612. The maximum Gasteiger partial charge on any atom is 0.0627 e. The van der Waals surface area contributed by atoms with E-state index in [1.807, 2.05) is 0 Å². The summed E-state index contributed by atoms with van der Waals surface area (Å²) < 4.78 is 9.97. The Morgan fingerprint density at radius 1 is 1.25 bits per heavy atom. The second-order valence-electron chi connectivity index (χ2n) is 2.83. The number of rotatable bonds is 7. The molecule has 0 amide bonds. The second kappa shape index (κ2) is 7.80. The Labute approximate surface area is 79.4 Å². The SMILES string of the molecule is COCC(C)NC(CCl)COC. The van der Waals surface area contributed by atoms with E-state index in [1.54, 1.807) is 14.2 Å². The third-order valence-corrected chi connectivity index (χ3v) is 1.86. The maximum atomic E-state index is 5.71. The van der Waals surface area contributed by atoms with Crippen LogP contribution in [-0.4, -0.2) is 45.4 Å². The molecule has 0 saturated heterocycles. The molecule has 74 valence electrons. The number of hydrogen-bond donors (Lipinski definition) is 1. The number of alkyl halides is 1. The Morgan fingerprint density at radius 2 is 1.83 bits per heavy atom. The van der Waals surface area contributed by atoms with Gasteiger partial charge < -0.3 is 14.8 Å². The molecular weight excluding hydrogens is 178 g/mol. The summed E-state index contributed by atoms with van der Waals surface area (Å²) >= 11 is 5.71. The van der Waals surface area contributed by atoms with E-state index in [2.05, 4.69) is 12.2 Å². The van der Waals surface area contributed by atoms with Crippen LogP contribution >= 0.6 is 11.6 Å². The van der Waals surface area contributed by atoms with E-state index in [4.69, 9.17) is 21.1 Å². The zero-order valence-electron chi connectivity index (χ0n) is 7.97. The van der Waals surface area contributed by atoms with Crippen LogP contribution in [0.5, 0.6) is 0 Å². The zero-order chi connectivity index (χ0) is 9.40. The molecule has 0 bridgehead atoms. The fraction of sp³-hybridized carbons (Fsp3) is 1.00. The van der Waals surface area contributed by atoms with Crippen molar-refractivity contribution in [2.24, 2.45) is 0 Å². The minimum absolute atomic E-state index is 0.210. The van der Waals surface area contributed by atoms with Gasteiger partial charge in [0.1, 0.15) is 0 Å². The summed E-state index contributed by atoms with van der Waals surface area (Å²) in [5, 5.41) is 3.29. The van der Waals surface area contributed by atoms with Crippen molar-refractivity contribution >= 4 is 11.6 Å². The Morgan fingerprint density at radius 3 is 2.25 bits per heavy atom. The molecule has 0 aliphatic rings. The van der Waals surface area contributed by atoms with E-state index in [0.717, 1.165) is 0 Å². The molecule has 0 aliphatic heterocycles. The van der Waals surface area contributed by atoms with Crippen molar-refractivity contribution in [3.8, 4) is 0 Å². The number of methoxy groups -OCH3 is 2. The molecule has 0 fully saturated rings. The van der Waals surface area contributed by atoms with Gasteiger partial charge in [0, 0.05) is 32.2 Å². The number of nitrogens with one attached hydrogen (secondary N) is 1. The Bertz CT molecular complexity index is 103. The van der Waals surface area contributed by atoms with E-state index < -0.39 is 0 Å². The van der Waals surface area contributed by atoms with E-state index >= 15 is 0 Å². The van der Waals surface area contributed by atoms with Gasteiger partial charge in [0.2, 0.25) is 0 Å². The predicted octanol–water partition coefficient (Wildman–Crippen LogP) is 0.865. The molecule has 1 N–H and O–H groups in total. The molecule has 2 atom stereocenters. The number of hydrogen-bond acceptors (Lipinski definition) is 3. The van der Waals surface area contributed by atoms with Gasteiger partial charge in [-0.3, -0.25) is 0 Å². The zero-order valence-corrected chi connectivity index (χ0v) is 8.73. The molecule has 3 nitrogen and oxygen atoms in total. The molecule has 0 aromatic heterocycles. The Kier molecular flexibility index (Phi) is 7.91. The van der Waals surface area contributed by atoms with Gasteiger partial charge in [0.15, 0.2) is 0 Å². The van der Waals surface area contributed by atoms with E-state index in [9.17, 15) is 0 Å². The van der Waals surface area contributed by atoms with Gasteiger partial charge in [-0.25, -0.2) is 0 Å². The van der Waals surface area contributed by atoms with Crippen LogP contribution in [0.3, 0.4) is 0 Å².